The molecule has 0 radical (unpaired) electrons. The summed E-state index contributed by atoms with van der Waals surface area (Å²) in [5, 5.41) is 5.40. The lowest BCUT2D eigenvalue weighted by Gasteiger charge is -2.09. The summed E-state index contributed by atoms with van der Waals surface area (Å²) in [6.45, 7) is -0.356. The van der Waals surface area contributed by atoms with Gasteiger partial charge in [-0.15, -0.1) is 0 Å². The highest BCUT2D eigenvalue weighted by Gasteiger charge is 2.10. The molecule has 0 aliphatic rings. The topological polar surface area (TPSA) is 84.0 Å². The Morgan fingerprint density at radius 3 is 2.46 bits per heavy atom. The number of aromatic nitrogens is 2. The zero-order valence-electron chi connectivity index (χ0n) is 12.6. The second-order valence-corrected chi connectivity index (χ2v) is 5.25. The molecule has 0 unspecified atom stereocenters. The molecule has 0 aliphatic carbocycles. The Morgan fingerprint density at radius 1 is 1.04 bits per heavy atom. The van der Waals surface area contributed by atoms with Crippen LogP contribution in [-0.4, -0.2) is 15.7 Å². The third kappa shape index (κ3) is 3.10. The van der Waals surface area contributed by atoms with Gasteiger partial charge in [-0.2, -0.15) is 0 Å². The molecule has 3 aromatic rings. The van der Waals surface area contributed by atoms with Crippen molar-refractivity contribution in [1.82, 2.24) is 15.1 Å². The Kier molecular flexibility index (Phi) is 4.24. The summed E-state index contributed by atoms with van der Waals surface area (Å²) >= 11 is 0. The van der Waals surface area contributed by atoms with Crippen LogP contribution < -0.4 is 16.4 Å². The largest absolute Gasteiger partial charge is 0.350 e. The van der Waals surface area contributed by atoms with Gasteiger partial charge >= 0.3 is 0 Å². The van der Waals surface area contributed by atoms with Crippen LogP contribution in [0.3, 0.4) is 0 Å². The summed E-state index contributed by atoms with van der Waals surface area (Å²) in [7, 11) is 0. The van der Waals surface area contributed by atoms with Gasteiger partial charge in [0.05, 0.1) is 10.8 Å². The number of aromatic amines is 1. The van der Waals surface area contributed by atoms with Crippen LogP contribution in [0.2, 0.25) is 0 Å². The average molecular weight is 327 g/mol. The van der Waals surface area contributed by atoms with E-state index >= 15 is 0 Å². The molecule has 7 heteroatoms. The van der Waals surface area contributed by atoms with Gasteiger partial charge < -0.3 is 5.32 Å². The number of rotatable bonds is 4. The molecule has 1 aromatic heterocycles. The number of carbonyl (C=O) groups is 1. The minimum absolute atomic E-state index is 0.00191. The molecule has 0 atom stereocenters. The average Bonchev–Trinajstić information content (AvgIpc) is 2.59. The molecule has 1 amide bonds. The maximum atomic E-state index is 13.5. The van der Waals surface area contributed by atoms with Crippen molar-refractivity contribution in [3.05, 3.63) is 80.6 Å². The van der Waals surface area contributed by atoms with E-state index in [-0.39, 0.29) is 23.9 Å². The molecule has 6 nitrogen and oxygen atoms in total. The second kappa shape index (κ2) is 6.49. The zero-order chi connectivity index (χ0) is 17.1. The molecular formula is C17H14FN3O3. The number of carbonyl (C=O) groups excluding carboxylic acids is 1. The number of hydrogen-bond acceptors (Lipinski definition) is 3. The number of amides is 1. The second-order valence-electron chi connectivity index (χ2n) is 5.25. The predicted octanol–water partition coefficient (Wildman–Crippen LogP) is 1.15. The minimum atomic E-state index is -0.508. The molecule has 0 aliphatic heterocycles. The first-order valence-electron chi connectivity index (χ1n) is 7.28. The smallest absolute Gasteiger partial charge is 0.273 e. The Labute approximate surface area is 135 Å². The highest BCUT2D eigenvalue weighted by atomic mass is 19.1. The SMILES string of the molecule is O=C(Cn1[nH]c(=O)c2ccccc2c1=O)NCc1ccccc1F. The van der Waals surface area contributed by atoms with Gasteiger partial charge in [-0.05, 0) is 18.2 Å². The van der Waals surface area contributed by atoms with Crippen molar-refractivity contribution in [2.24, 2.45) is 0 Å². The molecule has 2 N–H and O–H groups in total. The van der Waals surface area contributed by atoms with Crippen LogP contribution in [-0.2, 0) is 17.9 Å². The molecule has 0 saturated carbocycles. The molecule has 122 valence electrons. The summed E-state index contributed by atoms with van der Waals surface area (Å²) < 4.78 is 14.5. The van der Waals surface area contributed by atoms with Crippen molar-refractivity contribution >= 4 is 16.7 Å². The first-order chi connectivity index (χ1) is 11.6. The van der Waals surface area contributed by atoms with E-state index in [1.807, 2.05) is 0 Å². The van der Waals surface area contributed by atoms with Gasteiger partial charge in [-0.1, -0.05) is 30.3 Å². The lowest BCUT2D eigenvalue weighted by atomic mass is 10.2. The molecular weight excluding hydrogens is 313 g/mol. The number of halogens is 1. The summed E-state index contributed by atoms with van der Waals surface area (Å²) in [5.74, 6) is -0.930. The van der Waals surface area contributed by atoms with Crippen molar-refractivity contribution < 1.29 is 9.18 Å². The third-order valence-corrected chi connectivity index (χ3v) is 3.62. The molecule has 0 fully saturated rings. The van der Waals surface area contributed by atoms with Gasteiger partial charge in [-0.25, -0.2) is 9.07 Å². The van der Waals surface area contributed by atoms with E-state index in [1.54, 1.807) is 30.3 Å². The van der Waals surface area contributed by atoms with Gasteiger partial charge in [0, 0.05) is 12.1 Å². The van der Waals surface area contributed by atoms with Gasteiger partial charge in [-0.3, -0.25) is 19.5 Å². The van der Waals surface area contributed by atoms with Crippen molar-refractivity contribution in [2.75, 3.05) is 0 Å². The standard InChI is InChI=1S/C17H14FN3O3/c18-14-8-4-1-5-11(14)9-19-15(22)10-21-17(24)13-7-3-2-6-12(13)16(23)20-21/h1-8H,9-10H2,(H,19,22)(H,20,23). The molecule has 3 rings (SSSR count). The van der Waals surface area contributed by atoms with Crippen LogP contribution >= 0.6 is 0 Å². The summed E-state index contributed by atoms with van der Waals surface area (Å²) in [6.07, 6.45) is 0. The molecule has 0 spiro atoms. The van der Waals surface area contributed by atoms with Crippen LogP contribution in [0.25, 0.3) is 10.8 Å². The summed E-state index contributed by atoms with van der Waals surface area (Å²) in [6, 6.07) is 12.4. The number of nitrogens with zero attached hydrogens (tertiary/aromatic N) is 1. The number of benzene rings is 2. The van der Waals surface area contributed by atoms with Crippen molar-refractivity contribution in [3.63, 3.8) is 0 Å². The van der Waals surface area contributed by atoms with Crippen LogP contribution in [0.5, 0.6) is 0 Å². The first-order valence-corrected chi connectivity index (χ1v) is 7.28. The highest BCUT2D eigenvalue weighted by molar-refractivity contribution is 5.81. The normalized spacial score (nSPS) is 10.7. The van der Waals surface area contributed by atoms with E-state index in [1.165, 1.54) is 18.2 Å². The molecule has 1 heterocycles. The highest BCUT2D eigenvalue weighted by Crippen LogP contribution is 2.05. The van der Waals surface area contributed by atoms with E-state index < -0.39 is 22.8 Å². The first kappa shape index (κ1) is 15.7. The van der Waals surface area contributed by atoms with Crippen molar-refractivity contribution in [2.45, 2.75) is 13.1 Å². The fourth-order valence-corrected chi connectivity index (χ4v) is 2.39. The summed E-state index contributed by atoms with van der Waals surface area (Å²) in [5.41, 5.74) is -0.580. The number of hydrogen-bond donors (Lipinski definition) is 2. The van der Waals surface area contributed by atoms with E-state index in [9.17, 15) is 18.8 Å². The molecule has 0 saturated heterocycles. The molecule has 2 aromatic carbocycles. The van der Waals surface area contributed by atoms with Crippen LogP contribution in [0.4, 0.5) is 4.39 Å². The number of nitrogens with one attached hydrogen (secondary N) is 2. The lowest BCUT2D eigenvalue weighted by molar-refractivity contribution is -0.122. The van der Waals surface area contributed by atoms with E-state index in [0.29, 0.717) is 5.56 Å². The van der Waals surface area contributed by atoms with Crippen LogP contribution in [0, 0.1) is 5.82 Å². The fourth-order valence-electron chi connectivity index (χ4n) is 2.39. The van der Waals surface area contributed by atoms with Gasteiger partial charge in [0.1, 0.15) is 12.4 Å². The Bertz CT molecular complexity index is 1020. The van der Waals surface area contributed by atoms with Crippen molar-refractivity contribution in [3.8, 4) is 0 Å². The Hall–Kier alpha value is -3.22. The lowest BCUT2D eigenvalue weighted by Crippen LogP contribution is -2.36. The van der Waals surface area contributed by atoms with E-state index in [2.05, 4.69) is 10.4 Å². The minimum Gasteiger partial charge on any atom is -0.350 e. The van der Waals surface area contributed by atoms with Crippen LogP contribution in [0.1, 0.15) is 5.56 Å². The van der Waals surface area contributed by atoms with Crippen molar-refractivity contribution in [1.29, 1.82) is 0 Å². The predicted molar refractivity (Wildman–Crippen MR) is 87.1 cm³/mol. The van der Waals surface area contributed by atoms with Crippen LogP contribution in [0.15, 0.2) is 58.1 Å². The monoisotopic (exact) mass is 327 g/mol. The summed E-state index contributed by atoms with van der Waals surface area (Å²) in [4.78, 5) is 36.2. The fraction of sp³-hybridized carbons (Fsp3) is 0.118. The maximum Gasteiger partial charge on any atom is 0.273 e. The Morgan fingerprint density at radius 2 is 1.71 bits per heavy atom. The number of fused-ring (bicyclic) bond motifs is 1. The number of H-pyrrole nitrogens is 1. The zero-order valence-corrected chi connectivity index (χ0v) is 12.6. The third-order valence-electron chi connectivity index (χ3n) is 3.62. The van der Waals surface area contributed by atoms with Gasteiger partial charge in [0.15, 0.2) is 0 Å². The van der Waals surface area contributed by atoms with Gasteiger partial charge in [0.25, 0.3) is 11.1 Å². The maximum absolute atomic E-state index is 13.5. The van der Waals surface area contributed by atoms with Gasteiger partial charge in [0.2, 0.25) is 5.91 Å². The molecule has 0 bridgehead atoms. The quantitative estimate of drug-likeness (QED) is 0.754. The van der Waals surface area contributed by atoms with E-state index in [4.69, 9.17) is 0 Å². The molecule has 24 heavy (non-hydrogen) atoms. The van der Waals surface area contributed by atoms with E-state index in [0.717, 1.165) is 4.68 Å². The Balaban J connectivity index is 1.79.